The highest BCUT2D eigenvalue weighted by atomic mass is 32.3. The summed E-state index contributed by atoms with van der Waals surface area (Å²) in [5, 5.41) is 8.84. The standard InChI is InChI=1S/C23H26F2N4O5S/c1-3-26-19-12-15(24)11-18-20(19)28-22(31)23(18,2)29-9-5-7-16(13-29)27-21(30)14-6-4-8-17(10-14)34-35(25,32)33/h4,6,8,10-12,16,26H,3,5,7,9,13H2,1-2H3,(H,27,30)(H,28,31)/t16-,23?/m1/s1. The van der Waals surface area contributed by atoms with Gasteiger partial charge >= 0.3 is 10.5 Å². The van der Waals surface area contributed by atoms with Gasteiger partial charge in [-0.2, -0.15) is 8.42 Å². The average Bonchev–Trinajstić information content (AvgIpc) is 3.04. The first-order valence-corrected chi connectivity index (χ1v) is 12.5. The first kappa shape index (κ1) is 24.9. The van der Waals surface area contributed by atoms with Crippen LogP contribution in [0.3, 0.4) is 0 Å². The lowest BCUT2D eigenvalue weighted by Gasteiger charge is -2.42. The molecular formula is C23H26F2N4O5S. The molecule has 0 radical (unpaired) electrons. The molecule has 0 saturated carbocycles. The van der Waals surface area contributed by atoms with Crippen LogP contribution < -0.4 is 20.1 Å². The molecule has 4 rings (SSSR count). The van der Waals surface area contributed by atoms with Gasteiger partial charge in [-0.1, -0.05) is 9.95 Å². The van der Waals surface area contributed by atoms with Crippen LogP contribution in [0, 0.1) is 5.82 Å². The van der Waals surface area contributed by atoms with E-state index in [1.807, 2.05) is 11.8 Å². The van der Waals surface area contributed by atoms with Crippen molar-refractivity contribution in [2.45, 2.75) is 38.3 Å². The van der Waals surface area contributed by atoms with Crippen molar-refractivity contribution in [2.75, 3.05) is 30.3 Å². The first-order valence-electron chi connectivity index (χ1n) is 11.2. The van der Waals surface area contributed by atoms with Gasteiger partial charge in [-0.15, -0.1) is 0 Å². The van der Waals surface area contributed by atoms with Gasteiger partial charge in [0.05, 0.1) is 11.4 Å². The van der Waals surface area contributed by atoms with Gasteiger partial charge in [0.1, 0.15) is 17.1 Å². The van der Waals surface area contributed by atoms with Gasteiger partial charge in [0, 0.05) is 30.3 Å². The molecule has 2 atom stereocenters. The molecule has 2 heterocycles. The molecule has 0 aliphatic carbocycles. The van der Waals surface area contributed by atoms with Crippen molar-refractivity contribution in [3.05, 3.63) is 53.3 Å². The summed E-state index contributed by atoms with van der Waals surface area (Å²) in [5.41, 5.74) is 0.553. The molecule has 0 bridgehead atoms. The SMILES string of the molecule is CCNc1cc(F)cc2c1NC(=O)C2(C)N1CCC[C@@H](NC(=O)c2cccc(OS(=O)(=O)F)c2)C1. The molecular weight excluding hydrogens is 482 g/mol. The van der Waals surface area contributed by atoms with E-state index in [1.54, 1.807) is 6.92 Å². The van der Waals surface area contributed by atoms with Gasteiger partial charge in [0.2, 0.25) is 5.91 Å². The second-order valence-corrected chi connectivity index (χ2v) is 9.65. The molecule has 2 aliphatic heterocycles. The van der Waals surface area contributed by atoms with Gasteiger partial charge in [-0.05, 0) is 63.6 Å². The average molecular weight is 509 g/mol. The molecule has 0 aromatic heterocycles. The molecule has 1 fully saturated rings. The monoisotopic (exact) mass is 508 g/mol. The van der Waals surface area contributed by atoms with Crippen molar-refractivity contribution < 1.29 is 30.5 Å². The van der Waals surface area contributed by atoms with E-state index in [4.69, 9.17) is 0 Å². The minimum Gasteiger partial charge on any atom is -0.384 e. The third-order valence-electron chi connectivity index (χ3n) is 6.36. The maximum absolute atomic E-state index is 14.4. The molecule has 9 nitrogen and oxygen atoms in total. The van der Waals surface area contributed by atoms with E-state index in [0.717, 1.165) is 6.07 Å². The number of carbonyl (C=O) groups excluding carboxylic acids is 2. The third-order valence-corrected chi connectivity index (χ3v) is 6.75. The van der Waals surface area contributed by atoms with Crippen molar-refractivity contribution in [3.8, 4) is 5.75 Å². The zero-order chi connectivity index (χ0) is 25.4. The highest BCUT2D eigenvalue weighted by Crippen LogP contribution is 2.45. The van der Waals surface area contributed by atoms with Crippen molar-refractivity contribution in [1.29, 1.82) is 0 Å². The summed E-state index contributed by atoms with van der Waals surface area (Å²) in [4.78, 5) is 27.9. The Bertz CT molecular complexity index is 1270. The highest BCUT2D eigenvalue weighted by Gasteiger charge is 2.49. The minimum atomic E-state index is -5.22. The number of hydrogen-bond donors (Lipinski definition) is 3. The van der Waals surface area contributed by atoms with Crippen LogP contribution in [0.1, 0.15) is 42.6 Å². The van der Waals surface area contributed by atoms with Crippen LogP contribution in [0.15, 0.2) is 36.4 Å². The van der Waals surface area contributed by atoms with Crippen molar-refractivity contribution >= 4 is 33.7 Å². The molecule has 2 amide bonds. The second-order valence-electron chi connectivity index (χ2n) is 8.70. The fraction of sp³-hybridized carbons (Fsp3) is 0.391. The third kappa shape index (κ3) is 5.08. The largest absolute Gasteiger partial charge is 0.488 e. The number of halogens is 2. The van der Waals surface area contributed by atoms with E-state index >= 15 is 0 Å². The Morgan fingerprint density at radius 2 is 2.09 bits per heavy atom. The molecule has 0 spiro atoms. The van der Waals surface area contributed by atoms with Gasteiger partial charge in [0.25, 0.3) is 5.91 Å². The fourth-order valence-electron chi connectivity index (χ4n) is 4.70. The Morgan fingerprint density at radius 1 is 1.31 bits per heavy atom. The normalized spacial score (nSPS) is 22.3. The maximum atomic E-state index is 14.4. The predicted molar refractivity (Wildman–Crippen MR) is 126 cm³/mol. The number of anilines is 2. The van der Waals surface area contributed by atoms with E-state index in [-0.39, 0.29) is 23.3 Å². The van der Waals surface area contributed by atoms with Crippen molar-refractivity contribution in [1.82, 2.24) is 10.2 Å². The van der Waals surface area contributed by atoms with Crippen LogP contribution in [0.2, 0.25) is 0 Å². The zero-order valence-electron chi connectivity index (χ0n) is 19.2. The molecule has 1 unspecified atom stereocenters. The number of nitrogens with one attached hydrogen (secondary N) is 3. The summed E-state index contributed by atoms with van der Waals surface area (Å²) in [6.07, 6.45) is 1.33. The highest BCUT2D eigenvalue weighted by molar-refractivity contribution is 7.81. The number of fused-ring (bicyclic) bond motifs is 1. The molecule has 188 valence electrons. The number of nitrogens with zero attached hydrogens (tertiary/aromatic N) is 1. The summed E-state index contributed by atoms with van der Waals surface area (Å²) < 4.78 is 52.9. The molecule has 3 N–H and O–H groups in total. The minimum absolute atomic E-state index is 0.0933. The van der Waals surface area contributed by atoms with Crippen LogP contribution in [0.25, 0.3) is 0 Å². The molecule has 1 saturated heterocycles. The summed E-state index contributed by atoms with van der Waals surface area (Å²) in [5.74, 6) is -1.56. The second kappa shape index (κ2) is 9.42. The maximum Gasteiger partial charge on any atom is 0.488 e. The quantitative estimate of drug-likeness (QED) is 0.493. The summed E-state index contributed by atoms with van der Waals surface area (Å²) in [6, 6.07) is 7.54. The number of likely N-dealkylation sites (tertiary alicyclic amines) is 1. The fourth-order valence-corrected chi connectivity index (χ4v) is 5.03. The molecule has 2 aliphatic rings. The number of piperidine rings is 1. The zero-order valence-corrected chi connectivity index (χ0v) is 20.0. The van der Waals surface area contributed by atoms with Gasteiger partial charge < -0.3 is 20.1 Å². The van der Waals surface area contributed by atoms with E-state index in [1.165, 1.54) is 30.3 Å². The lowest BCUT2D eigenvalue weighted by atomic mass is 9.88. The summed E-state index contributed by atoms with van der Waals surface area (Å²) >= 11 is 0. The number of hydrogen-bond acceptors (Lipinski definition) is 7. The Labute approximate surface area is 202 Å². The lowest BCUT2D eigenvalue weighted by molar-refractivity contribution is -0.127. The van der Waals surface area contributed by atoms with Gasteiger partial charge in [0.15, 0.2) is 0 Å². The van der Waals surface area contributed by atoms with Crippen molar-refractivity contribution in [2.24, 2.45) is 0 Å². The van der Waals surface area contributed by atoms with Crippen LogP contribution in [-0.2, 0) is 20.8 Å². The predicted octanol–water partition coefficient (Wildman–Crippen LogP) is 2.91. The van der Waals surface area contributed by atoms with Crippen molar-refractivity contribution in [3.63, 3.8) is 0 Å². The van der Waals surface area contributed by atoms with E-state index in [9.17, 15) is 26.3 Å². The van der Waals surface area contributed by atoms with E-state index < -0.39 is 27.8 Å². The lowest BCUT2D eigenvalue weighted by Crippen LogP contribution is -2.57. The Hall–Kier alpha value is -3.25. The van der Waals surface area contributed by atoms with Crippen LogP contribution >= 0.6 is 0 Å². The number of rotatable bonds is 7. The topological polar surface area (TPSA) is 117 Å². The number of amides is 2. The first-order chi connectivity index (χ1) is 16.5. The van der Waals surface area contributed by atoms with Crippen LogP contribution in [-0.4, -0.2) is 50.8 Å². The Balaban J connectivity index is 1.53. The Kier molecular flexibility index (Phi) is 6.69. The van der Waals surface area contributed by atoms with Crippen LogP contribution in [0.5, 0.6) is 5.75 Å². The molecule has 35 heavy (non-hydrogen) atoms. The molecule has 12 heteroatoms. The smallest absolute Gasteiger partial charge is 0.384 e. The van der Waals surface area contributed by atoms with Gasteiger partial charge in [-0.25, -0.2) is 4.39 Å². The van der Waals surface area contributed by atoms with E-state index in [0.29, 0.717) is 49.4 Å². The molecule has 2 aromatic carbocycles. The van der Waals surface area contributed by atoms with Gasteiger partial charge in [-0.3, -0.25) is 14.5 Å². The Morgan fingerprint density at radius 3 is 2.80 bits per heavy atom. The summed E-state index contributed by atoms with van der Waals surface area (Å²) in [6.45, 7) is 5.08. The number of benzene rings is 2. The molecule has 2 aromatic rings. The summed E-state index contributed by atoms with van der Waals surface area (Å²) in [7, 11) is -5.22. The number of carbonyl (C=O) groups is 2. The van der Waals surface area contributed by atoms with E-state index in [2.05, 4.69) is 20.1 Å². The van der Waals surface area contributed by atoms with Crippen LogP contribution in [0.4, 0.5) is 19.7 Å².